The standard InChI is InChI=1S/C24H30O8S/c1-4-6-15-33(27,28)32-20-10-7-18(8-11-20)13-14-31-21-12-9-19(16-22(21)29-3)17-23(24(25)26)30-5-2/h7-12,16-17H,4-6,13-15H2,1-3H3,(H,25,26)/b23-17-. The molecule has 8 nitrogen and oxygen atoms in total. The molecule has 2 aromatic rings. The lowest BCUT2D eigenvalue weighted by atomic mass is 10.1. The lowest BCUT2D eigenvalue weighted by Crippen LogP contribution is -2.13. The molecule has 0 aliphatic rings. The predicted octanol–water partition coefficient (Wildman–Crippen LogP) is 4.29. The molecule has 2 aromatic carbocycles. The fraction of sp³-hybridized carbons (Fsp3) is 0.375. The fourth-order valence-electron chi connectivity index (χ4n) is 2.87. The van der Waals surface area contributed by atoms with Gasteiger partial charge in [-0.15, -0.1) is 0 Å². The van der Waals surface area contributed by atoms with E-state index in [1.54, 1.807) is 49.4 Å². The van der Waals surface area contributed by atoms with Crippen LogP contribution >= 0.6 is 0 Å². The van der Waals surface area contributed by atoms with Gasteiger partial charge in [0.05, 0.1) is 26.1 Å². The number of carbonyl (C=O) groups is 1. The smallest absolute Gasteiger partial charge is 0.371 e. The second-order valence-corrected chi connectivity index (χ2v) is 8.79. The van der Waals surface area contributed by atoms with E-state index in [9.17, 15) is 18.3 Å². The highest BCUT2D eigenvalue weighted by Crippen LogP contribution is 2.29. The number of carboxylic acid groups (broad SMARTS) is 1. The number of rotatable bonds is 14. The zero-order valence-electron chi connectivity index (χ0n) is 19.1. The van der Waals surface area contributed by atoms with Gasteiger partial charge in [-0.25, -0.2) is 4.79 Å². The van der Waals surface area contributed by atoms with Crippen molar-refractivity contribution >= 4 is 22.2 Å². The third-order valence-electron chi connectivity index (χ3n) is 4.54. The van der Waals surface area contributed by atoms with E-state index in [-0.39, 0.29) is 23.9 Å². The van der Waals surface area contributed by atoms with Crippen LogP contribution in [0.4, 0.5) is 0 Å². The summed E-state index contributed by atoms with van der Waals surface area (Å²) in [6, 6.07) is 11.9. The van der Waals surface area contributed by atoms with E-state index in [1.165, 1.54) is 13.2 Å². The van der Waals surface area contributed by atoms with Gasteiger partial charge in [0.2, 0.25) is 5.76 Å². The number of ether oxygens (including phenoxy) is 3. The molecule has 0 saturated heterocycles. The van der Waals surface area contributed by atoms with Crippen LogP contribution in [-0.4, -0.2) is 45.6 Å². The topological polar surface area (TPSA) is 108 Å². The van der Waals surface area contributed by atoms with E-state index in [4.69, 9.17) is 18.4 Å². The number of methoxy groups -OCH3 is 1. The SMILES string of the molecule is CCCCS(=O)(=O)Oc1ccc(CCOc2ccc(/C=C(\OCC)C(=O)O)cc2OC)cc1. The summed E-state index contributed by atoms with van der Waals surface area (Å²) in [5.41, 5.74) is 1.56. The summed E-state index contributed by atoms with van der Waals surface area (Å²) in [6.07, 6.45) is 3.35. The van der Waals surface area contributed by atoms with E-state index in [0.29, 0.717) is 36.5 Å². The van der Waals surface area contributed by atoms with Gasteiger partial charge in [-0.1, -0.05) is 31.5 Å². The summed E-state index contributed by atoms with van der Waals surface area (Å²) in [5, 5.41) is 9.19. The lowest BCUT2D eigenvalue weighted by molar-refractivity contribution is -0.136. The minimum Gasteiger partial charge on any atom is -0.493 e. The normalized spacial score (nSPS) is 11.7. The van der Waals surface area contributed by atoms with E-state index in [1.807, 2.05) is 6.92 Å². The maximum atomic E-state index is 11.9. The molecule has 0 atom stereocenters. The van der Waals surface area contributed by atoms with Gasteiger partial charge in [0.15, 0.2) is 11.5 Å². The van der Waals surface area contributed by atoms with Crippen LogP contribution in [0.2, 0.25) is 0 Å². The first-order chi connectivity index (χ1) is 15.8. The lowest BCUT2D eigenvalue weighted by Gasteiger charge is -2.12. The third-order valence-corrected chi connectivity index (χ3v) is 5.77. The highest BCUT2D eigenvalue weighted by molar-refractivity contribution is 7.87. The molecule has 0 bridgehead atoms. The highest BCUT2D eigenvalue weighted by atomic mass is 32.2. The summed E-state index contributed by atoms with van der Waals surface area (Å²) < 4.78 is 45.2. The van der Waals surface area contributed by atoms with Crippen LogP contribution in [0.1, 0.15) is 37.8 Å². The summed E-state index contributed by atoms with van der Waals surface area (Å²) in [5.74, 6) is -0.0339. The van der Waals surface area contributed by atoms with Crippen molar-refractivity contribution in [1.82, 2.24) is 0 Å². The minimum absolute atomic E-state index is 0.00124. The van der Waals surface area contributed by atoms with Crippen LogP contribution in [0, 0.1) is 0 Å². The number of hydrogen-bond acceptors (Lipinski definition) is 7. The zero-order chi connectivity index (χ0) is 24.3. The van der Waals surface area contributed by atoms with Crippen LogP contribution < -0.4 is 13.7 Å². The van der Waals surface area contributed by atoms with Crippen molar-refractivity contribution in [3.05, 3.63) is 59.4 Å². The Morgan fingerprint density at radius 2 is 1.79 bits per heavy atom. The molecule has 2 rings (SSSR count). The Labute approximate surface area is 194 Å². The van der Waals surface area contributed by atoms with Gasteiger partial charge >= 0.3 is 16.1 Å². The van der Waals surface area contributed by atoms with Crippen molar-refractivity contribution in [3.8, 4) is 17.2 Å². The summed E-state index contributed by atoms with van der Waals surface area (Å²) in [6.45, 7) is 4.24. The average molecular weight is 479 g/mol. The molecule has 9 heteroatoms. The number of benzene rings is 2. The third kappa shape index (κ3) is 8.69. The fourth-order valence-corrected chi connectivity index (χ4v) is 4.00. The monoisotopic (exact) mass is 478 g/mol. The number of carboxylic acids is 1. The molecule has 0 fully saturated rings. The van der Waals surface area contributed by atoms with E-state index in [0.717, 1.165) is 12.0 Å². The van der Waals surface area contributed by atoms with Gasteiger partial charge in [-0.05, 0) is 54.8 Å². The maximum absolute atomic E-state index is 11.9. The van der Waals surface area contributed by atoms with Gasteiger partial charge < -0.3 is 23.5 Å². The van der Waals surface area contributed by atoms with Gasteiger partial charge in [-0.3, -0.25) is 0 Å². The predicted molar refractivity (Wildman–Crippen MR) is 125 cm³/mol. The first-order valence-corrected chi connectivity index (χ1v) is 12.3. The summed E-state index contributed by atoms with van der Waals surface area (Å²) >= 11 is 0. The molecule has 1 N–H and O–H groups in total. The van der Waals surface area contributed by atoms with Crippen molar-refractivity contribution in [2.24, 2.45) is 0 Å². The van der Waals surface area contributed by atoms with Crippen molar-refractivity contribution < 1.29 is 36.7 Å². The van der Waals surface area contributed by atoms with Gasteiger partial charge in [0.25, 0.3) is 0 Å². The van der Waals surface area contributed by atoms with Gasteiger partial charge in [0, 0.05) is 6.42 Å². The molecular formula is C24H30O8S. The zero-order valence-corrected chi connectivity index (χ0v) is 19.9. The van der Waals surface area contributed by atoms with E-state index < -0.39 is 16.1 Å². The van der Waals surface area contributed by atoms with E-state index in [2.05, 4.69) is 0 Å². The average Bonchev–Trinajstić information content (AvgIpc) is 2.79. The summed E-state index contributed by atoms with van der Waals surface area (Å²) in [4.78, 5) is 11.2. The Hall–Kier alpha value is -3.20. The summed E-state index contributed by atoms with van der Waals surface area (Å²) in [7, 11) is -2.07. The molecule has 0 spiro atoms. The Kier molecular flexibility index (Phi) is 10.1. The van der Waals surface area contributed by atoms with Crippen molar-refractivity contribution in [2.45, 2.75) is 33.1 Å². The maximum Gasteiger partial charge on any atom is 0.371 e. The molecule has 0 heterocycles. The Balaban J connectivity index is 1.97. The van der Waals surface area contributed by atoms with Gasteiger partial charge in [0.1, 0.15) is 5.75 Å². The van der Waals surface area contributed by atoms with E-state index >= 15 is 0 Å². The molecule has 0 amide bonds. The van der Waals surface area contributed by atoms with Crippen LogP contribution in [-0.2, 0) is 26.1 Å². The Bertz CT molecular complexity index is 1040. The number of unbranched alkanes of at least 4 members (excludes halogenated alkanes) is 1. The van der Waals surface area contributed by atoms with Crippen LogP contribution in [0.5, 0.6) is 17.2 Å². The Morgan fingerprint density at radius 1 is 1.06 bits per heavy atom. The molecule has 0 unspecified atom stereocenters. The number of aliphatic carboxylic acids is 1. The minimum atomic E-state index is -3.57. The molecule has 0 radical (unpaired) electrons. The van der Waals surface area contributed by atoms with Crippen molar-refractivity contribution in [1.29, 1.82) is 0 Å². The Morgan fingerprint density at radius 3 is 2.39 bits per heavy atom. The van der Waals surface area contributed by atoms with Crippen molar-refractivity contribution in [3.63, 3.8) is 0 Å². The van der Waals surface area contributed by atoms with Crippen LogP contribution in [0.15, 0.2) is 48.2 Å². The van der Waals surface area contributed by atoms with Crippen molar-refractivity contribution in [2.75, 3.05) is 26.1 Å². The first-order valence-electron chi connectivity index (χ1n) is 10.7. The first kappa shape index (κ1) is 26.1. The molecule has 0 aliphatic heterocycles. The molecule has 180 valence electrons. The van der Waals surface area contributed by atoms with Gasteiger partial charge in [-0.2, -0.15) is 8.42 Å². The van der Waals surface area contributed by atoms with Crippen LogP contribution in [0.25, 0.3) is 6.08 Å². The highest BCUT2D eigenvalue weighted by Gasteiger charge is 2.13. The second-order valence-electron chi connectivity index (χ2n) is 7.10. The largest absolute Gasteiger partial charge is 0.493 e. The second kappa shape index (κ2) is 12.7. The number of hydrogen-bond donors (Lipinski definition) is 1. The van der Waals surface area contributed by atoms with Crippen LogP contribution in [0.3, 0.4) is 0 Å². The molecular weight excluding hydrogens is 448 g/mol. The molecule has 0 aliphatic carbocycles. The molecule has 0 saturated carbocycles. The molecule has 33 heavy (non-hydrogen) atoms. The molecule has 0 aromatic heterocycles. The quantitative estimate of drug-likeness (QED) is 0.243.